The highest BCUT2D eigenvalue weighted by atomic mass is 16.4. The van der Waals surface area contributed by atoms with Crippen LogP contribution in [0.4, 0.5) is 0 Å². The molecule has 0 aromatic heterocycles. The Balaban J connectivity index is 4.51. The van der Waals surface area contributed by atoms with Crippen molar-refractivity contribution < 1.29 is 14.7 Å². The van der Waals surface area contributed by atoms with E-state index in [9.17, 15) is 9.59 Å². The molecule has 0 fully saturated rings. The average molecular weight is 272 g/mol. The van der Waals surface area contributed by atoms with Crippen LogP contribution < -0.4 is 5.32 Å². The van der Waals surface area contributed by atoms with Crippen molar-refractivity contribution in [3.8, 4) is 0 Å². The molecule has 0 aliphatic carbocycles. The third-order valence-corrected chi connectivity index (χ3v) is 2.74. The van der Waals surface area contributed by atoms with Crippen molar-refractivity contribution in [2.45, 2.75) is 47.1 Å². The smallest absolute Gasteiger partial charge is 0.323 e. The minimum atomic E-state index is -1.09. The molecule has 0 atom stereocenters. The number of carbonyl (C=O) groups is 2. The van der Waals surface area contributed by atoms with E-state index in [1.54, 1.807) is 18.7 Å². The molecule has 0 heterocycles. The van der Waals surface area contributed by atoms with Gasteiger partial charge in [0, 0.05) is 13.1 Å². The predicted molar refractivity (Wildman–Crippen MR) is 76.0 cm³/mol. The van der Waals surface area contributed by atoms with Gasteiger partial charge in [-0.25, -0.2) is 0 Å². The van der Waals surface area contributed by atoms with Gasteiger partial charge in [-0.05, 0) is 25.7 Å². The van der Waals surface area contributed by atoms with Crippen molar-refractivity contribution >= 4 is 11.9 Å². The second-order valence-electron chi connectivity index (χ2n) is 6.37. The zero-order valence-corrected chi connectivity index (χ0v) is 13.0. The summed E-state index contributed by atoms with van der Waals surface area (Å²) in [6.45, 7) is 12.8. The number of nitrogens with one attached hydrogen (secondary N) is 1. The van der Waals surface area contributed by atoms with Gasteiger partial charge in [0.2, 0.25) is 5.91 Å². The van der Waals surface area contributed by atoms with E-state index in [2.05, 4.69) is 33.0 Å². The van der Waals surface area contributed by atoms with Crippen molar-refractivity contribution in [2.75, 3.05) is 19.6 Å². The van der Waals surface area contributed by atoms with E-state index >= 15 is 0 Å². The molecule has 0 radical (unpaired) electrons. The van der Waals surface area contributed by atoms with Gasteiger partial charge in [0.1, 0.15) is 5.54 Å². The largest absolute Gasteiger partial charge is 0.480 e. The van der Waals surface area contributed by atoms with E-state index < -0.39 is 11.5 Å². The summed E-state index contributed by atoms with van der Waals surface area (Å²) in [5, 5.41) is 11.8. The molecule has 19 heavy (non-hydrogen) atoms. The molecule has 5 heteroatoms. The van der Waals surface area contributed by atoms with Crippen LogP contribution in [0.25, 0.3) is 0 Å². The van der Waals surface area contributed by atoms with E-state index in [-0.39, 0.29) is 12.5 Å². The van der Waals surface area contributed by atoms with Gasteiger partial charge >= 0.3 is 5.97 Å². The summed E-state index contributed by atoms with van der Waals surface area (Å²) in [4.78, 5) is 24.9. The van der Waals surface area contributed by atoms with Crippen LogP contribution >= 0.6 is 0 Å². The maximum Gasteiger partial charge on any atom is 0.323 e. The van der Waals surface area contributed by atoms with E-state index in [4.69, 9.17) is 5.11 Å². The molecule has 0 aromatic rings. The lowest BCUT2D eigenvalue weighted by Gasteiger charge is -2.28. The molecule has 0 saturated carbocycles. The van der Waals surface area contributed by atoms with Gasteiger partial charge in [-0.1, -0.05) is 27.7 Å². The van der Waals surface area contributed by atoms with Crippen LogP contribution in [-0.4, -0.2) is 47.1 Å². The number of aliphatic carboxylic acids is 1. The van der Waals surface area contributed by atoms with Crippen molar-refractivity contribution in [1.29, 1.82) is 0 Å². The minimum Gasteiger partial charge on any atom is -0.480 e. The highest BCUT2D eigenvalue weighted by Crippen LogP contribution is 2.06. The van der Waals surface area contributed by atoms with Crippen molar-refractivity contribution in [3.05, 3.63) is 0 Å². The Hall–Kier alpha value is -1.10. The van der Waals surface area contributed by atoms with E-state index in [1.807, 2.05) is 0 Å². The lowest BCUT2D eigenvalue weighted by atomic mass is 10.1. The summed E-state index contributed by atoms with van der Waals surface area (Å²) in [6, 6.07) is 0. The first-order valence-corrected chi connectivity index (χ1v) is 6.82. The number of nitrogens with zero attached hydrogens (tertiary/aromatic N) is 1. The fourth-order valence-electron chi connectivity index (χ4n) is 1.64. The first kappa shape index (κ1) is 17.9. The topological polar surface area (TPSA) is 69.6 Å². The maximum atomic E-state index is 12.2. The Bertz CT molecular complexity index is 302. The molecule has 0 spiro atoms. The third-order valence-electron chi connectivity index (χ3n) is 2.74. The van der Waals surface area contributed by atoms with Crippen LogP contribution in [0.5, 0.6) is 0 Å². The van der Waals surface area contributed by atoms with E-state index in [1.165, 1.54) is 0 Å². The van der Waals surface area contributed by atoms with Gasteiger partial charge in [-0.3, -0.25) is 14.9 Å². The molecule has 1 amide bonds. The van der Waals surface area contributed by atoms with E-state index in [0.717, 1.165) is 0 Å². The number of carboxylic acid groups (broad SMARTS) is 1. The summed E-state index contributed by atoms with van der Waals surface area (Å²) in [5.74, 6) is -0.207. The Morgan fingerprint density at radius 2 is 1.53 bits per heavy atom. The number of carbonyl (C=O) groups excluding carboxylic acids is 1. The second kappa shape index (κ2) is 7.48. The van der Waals surface area contributed by atoms with Gasteiger partial charge in [0.25, 0.3) is 0 Å². The molecule has 2 N–H and O–H groups in total. The standard InChI is InChI=1S/C14H28N2O3/c1-10(2)8-16(9-11(3)4)12(17)7-15-14(5,6)13(18)19/h10-11,15H,7-9H2,1-6H3,(H,18,19). The van der Waals surface area contributed by atoms with Gasteiger partial charge in [0.15, 0.2) is 0 Å². The summed E-state index contributed by atoms with van der Waals surface area (Å²) < 4.78 is 0. The highest BCUT2D eigenvalue weighted by Gasteiger charge is 2.28. The molecule has 0 saturated heterocycles. The molecule has 0 aromatic carbocycles. The van der Waals surface area contributed by atoms with Crippen molar-refractivity contribution in [2.24, 2.45) is 11.8 Å². The lowest BCUT2D eigenvalue weighted by Crippen LogP contribution is -2.51. The van der Waals surface area contributed by atoms with Crippen LogP contribution in [0.15, 0.2) is 0 Å². The maximum absolute atomic E-state index is 12.2. The van der Waals surface area contributed by atoms with Crippen LogP contribution in [-0.2, 0) is 9.59 Å². The Morgan fingerprint density at radius 1 is 1.11 bits per heavy atom. The molecule has 0 rings (SSSR count). The molecule has 5 nitrogen and oxygen atoms in total. The SMILES string of the molecule is CC(C)CN(CC(C)C)C(=O)CNC(C)(C)C(=O)O. The molecule has 0 unspecified atom stereocenters. The first-order chi connectivity index (χ1) is 8.56. The number of carboxylic acids is 1. The van der Waals surface area contributed by atoms with Crippen molar-refractivity contribution in [3.63, 3.8) is 0 Å². The fraction of sp³-hybridized carbons (Fsp3) is 0.857. The average Bonchev–Trinajstić information content (AvgIpc) is 2.23. The Morgan fingerprint density at radius 3 is 1.84 bits per heavy atom. The summed E-state index contributed by atoms with van der Waals surface area (Å²) in [7, 11) is 0. The molecule has 0 aliphatic heterocycles. The van der Waals surface area contributed by atoms with Crippen LogP contribution in [0.2, 0.25) is 0 Å². The summed E-state index contributed by atoms with van der Waals surface area (Å²) >= 11 is 0. The van der Waals surface area contributed by atoms with Gasteiger partial charge < -0.3 is 10.0 Å². The highest BCUT2D eigenvalue weighted by molar-refractivity contribution is 5.81. The molecular formula is C14H28N2O3. The zero-order valence-electron chi connectivity index (χ0n) is 13.0. The van der Waals surface area contributed by atoms with Crippen molar-refractivity contribution in [1.82, 2.24) is 10.2 Å². The lowest BCUT2D eigenvalue weighted by molar-refractivity contribution is -0.143. The Labute approximate surface area is 116 Å². The van der Waals surface area contributed by atoms with Gasteiger partial charge in [-0.15, -0.1) is 0 Å². The quantitative estimate of drug-likeness (QED) is 0.704. The summed E-state index contributed by atoms with van der Waals surface area (Å²) in [5.41, 5.74) is -1.09. The van der Waals surface area contributed by atoms with Gasteiger partial charge in [-0.2, -0.15) is 0 Å². The summed E-state index contributed by atoms with van der Waals surface area (Å²) in [6.07, 6.45) is 0. The first-order valence-electron chi connectivity index (χ1n) is 6.82. The molecule has 0 bridgehead atoms. The zero-order chi connectivity index (χ0) is 15.2. The third kappa shape index (κ3) is 7.15. The fourth-order valence-corrected chi connectivity index (χ4v) is 1.64. The van der Waals surface area contributed by atoms with Crippen LogP contribution in [0.3, 0.4) is 0 Å². The molecule has 112 valence electrons. The van der Waals surface area contributed by atoms with Crippen LogP contribution in [0, 0.1) is 11.8 Å². The number of hydrogen-bond donors (Lipinski definition) is 2. The second-order valence-corrected chi connectivity index (χ2v) is 6.37. The minimum absolute atomic E-state index is 0.0447. The number of amides is 1. The molecular weight excluding hydrogens is 244 g/mol. The van der Waals surface area contributed by atoms with E-state index in [0.29, 0.717) is 24.9 Å². The number of hydrogen-bond acceptors (Lipinski definition) is 3. The predicted octanol–water partition coefficient (Wildman–Crippen LogP) is 1.58. The number of rotatable bonds is 8. The normalized spacial score (nSPS) is 12.0. The molecule has 0 aliphatic rings. The monoisotopic (exact) mass is 272 g/mol. The Kier molecular flexibility index (Phi) is 7.05. The van der Waals surface area contributed by atoms with Gasteiger partial charge in [0.05, 0.1) is 6.54 Å². The van der Waals surface area contributed by atoms with Crippen LogP contribution in [0.1, 0.15) is 41.5 Å².